The van der Waals surface area contributed by atoms with Crippen molar-refractivity contribution in [3.63, 3.8) is 0 Å². The smallest absolute Gasteiger partial charge is 0.273 e. The number of para-hydroxylation sites is 1. The Labute approximate surface area is 140 Å². The molecule has 2 aromatic rings. The molecule has 0 aliphatic carbocycles. The summed E-state index contributed by atoms with van der Waals surface area (Å²) in [7, 11) is 1.57. The first kappa shape index (κ1) is 16.4. The maximum Gasteiger partial charge on any atom is 0.273 e. The second-order valence-electron chi connectivity index (χ2n) is 6.25. The zero-order chi connectivity index (χ0) is 17.2. The van der Waals surface area contributed by atoms with Gasteiger partial charge in [0, 0.05) is 19.0 Å². The largest absolute Gasteiger partial charge is 0.382 e. The van der Waals surface area contributed by atoms with Crippen LogP contribution in [0.3, 0.4) is 0 Å². The first-order valence-corrected chi connectivity index (χ1v) is 8.01. The quantitative estimate of drug-likeness (QED) is 0.906. The fourth-order valence-electron chi connectivity index (χ4n) is 3.56. The number of aromatic nitrogens is 1. The van der Waals surface area contributed by atoms with Crippen LogP contribution in [0.1, 0.15) is 29.8 Å². The molecule has 2 heterocycles. The van der Waals surface area contributed by atoms with E-state index >= 15 is 0 Å². The Balaban J connectivity index is 1.94. The van der Waals surface area contributed by atoms with Crippen LogP contribution in [0.5, 0.6) is 0 Å². The third-order valence-electron chi connectivity index (χ3n) is 4.58. The van der Waals surface area contributed by atoms with Crippen LogP contribution in [-0.4, -0.2) is 47.5 Å². The summed E-state index contributed by atoms with van der Waals surface area (Å²) in [5.41, 5.74) is 5.89. The molecule has 1 saturated heterocycles. The van der Waals surface area contributed by atoms with Gasteiger partial charge in [0.15, 0.2) is 0 Å². The van der Waals surface area contributed by atoms with E-state index in [4.69, 9.17) is 10.5 Å². The van der Waals surface area contributed by atoms with Crippen LogP contribution in [0, 0.1) is 0 Å². The fourth-order valence-corrected chi connectivity index (χ4v) is 3.56. The molecule has 126 valence electrons. The lowest BCUT2D eigenvalue weighted by atomic mass is 9.92. The van der Waals surface area contributed by atoms with Gasteiger partial charge >= 0.3 is 0 Å². The zero-order valence-electron chi connectivity index (χ0n) is 13.7. The van der Waals surface area contributed by atoms with Gasteiger partial charge in [0.1, 0.15) is 5.69 Å². The standard InChI is InChI=1S/C18H21N3O3/c1-24-12-18(11-16(19)22)9-4-10-21(18)17(23)15-8-7-13-5-2-3-6-14(13)20-15/h2-3,5-8H,4,9-12H2,1H3,(H2,19,22). The van der Waals surface area contributed by atoms with Gasteiger partial charge in [0.25, 0.3) is 5.91 Å². The second-order valence-corrected chi connectivity index (χ2v) is 6.25. The highest BCUT2D eigenvalue weighted by atomic mass is 16.5. The van der Waals surface area contributed by atoms with Crippen molar-refractivity contribution in [1.29, 1.82) is 0 Å². The molecule has 1 atom stereocenters. The van der Waals surface area contributed by atoms with Crippen LogP contribution in [0.4, 0.5) is 0 Å². The number of pyridine rings is 1. The summed E-state index contributed by atoms with van der Waals surface area (Å²) in [5, 5.41) is 0.982. The van der Waals surface area contributed by atoms with Gasteiger partial charge in [-0.1, -0.05) is 24.3 Å². The number of ether oxygens (including phenoxy) is 1. The first-order chi connectivity index (χ1) is 11.6. The number of primary amides is 1. The lowest BCUT2D eigenvalue weighted by Gasteiger charge is -2.37. The molecule has 1 aliphatic rings. The Morgan fingerprint density at radius 2 is 2.08 bits per heavy atom. The Kier molecular flexibility index (Phi) is 4.49. The topological polar surface area (TPSA) is 85.5 Å². The minimum absolute atomic E-state index is 0.0974. The molecule has 0 radical (unpaired) electrons. The molecule has 24 heavy (non-hydrogen) atoms. The van der Waals surface area contributed by atoms with Gasteiger partial charge in [0.05, 0.1) is 24.1 Å². The molecular formula is C18H21N3O3. The summed E-state index contributed by atoms with van der Waals surface area (Å²) in [6, 6.07) is 11.3. The molecule has 6 nitrogen and oxygen atoms in total. The lowest BCUT2D eigenvalue weighted by molar-refractivity contribution is -0.121. The lowest BCUT2D eigenvalue weighted by Crippen LogP contribution is -2.52. The van der Waals surface area contributed by atoms with E-state index < -0.39 is 11.4 Å². The average molecular weight is 327 g/mol. The maximum absolute atomic E-state index is 13.0. The molecule has 2 amide bonds. The van der Waals surface area contributed by atoms with Crippen molar-refractivity contribution in [2.24, 2.45) is 5.73 Å². The molecule has 1 aromatic carbocycles. The van der Waals surface area contributed by atoms with E-state index in [0.29, 0.717) is 18.7 Å². The van der Waals surface area contributed by atoms with Gasteiger partial charge in [0.2, 0.25) is 5.91 Å². The van der Waals surface area contributed by atoms with E-state index in [1.54, 1.807) is 18.1 Å². The Hall–Kier alpha value is -2.47. The number of carbonyl (C=O) groups is 2. The molecule has 1 fully saturated rings. The number of amides is 2. The van der Waals surface area contributed by atoms with Crippen LogP contribution in [0.15, 0.2) is 36.4 Å². The van der Waals surface area contributed by atoms with Gasteiger partial charge in [-0.05, 0) is 25.0 Å². The molecule has 1 unspecified atom stereocenters. The van der Waals surface area contributed by atoms with E-state index in [9.17, 15) is 9.59 Å². The number of fused-ring (bicyclic) bond motifs is 1. The van der Waals surface area contributed by atoms with Gasteiger partial charge in [-0.2, -0.15) is 0 Å². The van der Waals surface area contributed by atoms with Crippen molar-refractivity contribution in [2.45, 2.75) is 24.8 Å². The minimum atomic E-state index is -0.676. The number of hydrogen-bond donors (Lipinski definition) is 1. The van der Waals surface area contributed by atoms with Crippen LogP contribution in [0.2, 0.25) is 0 Å². The number of likely N-dealkylation sites (tertiary alicyclic amines) is 1. The number of nitrogens with two attached hydrogens (primary N) is 1. The van der Waals surface area contributed by atoms with Crippen LogP contribution < -0.4 is 5.73 Å². The second kappa shape index (κ2) is 6.57. The van der Waals surface area contributed by atoms with Crippen LogP contribution in [0.25, 0.3) is 10.9 Å². The highest BCUT2D eigenvalue weighted by Gasteiger charge is 2.45. The molecule has 0 spiro atoms. The average Bonchev–Trinajstić information content (AvgIpc) is 2.96. The summed E-state index contributed by atoms with van der Waals surface area (Å²) >= 11 is 0. The van der Waals surface area contributed by atoms with Crippen molar-refractivity contribution in [2.75, 3.05) is 20.3 Å². The normalized spacial score (nSPS) is 20.5. The molecule has 1 aliphatic heterocycles. The van der Waals surface area contributed by atoms with E-state index in [0.717, 1.165) is 17.3 Å². The predicted octanol–water partition coefficient (Wildman–Crippen LogP) is 1.73. The van der Waals surface area contributed by atoms with E-state index in [-0.39, 0.29) is 18.9 Å². The monoisotopic (exact) mass is 327 g/mol. The SMILES string of the molecule is COCC1(CC(N)=O)CCCN1C(=O)c1ccc2ccccc2n1. The number of benzene rings is 1. The van der Waals surface area contributed by atoms with Gasteiger partial charge in [-0.25, -0.2) is 4.98 Å². The van der Waals surface area contributed by atoms with Gasteiger partial charge in [-0.15, -0.1) is 0 Å². The number of methoxy groups -OCH3 is 1. The Morgan fingerprint density at radius 1 is 1.29 bits per heavy atom. The molecular weight excluding hydrogens is 306 g/mol. The van der Waals surface area contributed by atoms with E-state index in [2.05, 4.69) is 4.98 Å². The maximum atomic E-state index is 13.0. The summed E-state index contributed by atoms with van der Waals surface area (Å²) in [4.78, 5) is 30.7. The summed E-state index contributed by atoms with van der Waals surface area (Å²) in [6.07, 6.45) is 1.61. The minimum Gasteiger partial charge on any atom is -0.382 e. The Morgan fingerprint density at radius 3 is 2.83 bits per heavy atom. The molecule has 1 aromatic heterocycles. The van der Waals surface area contributed by atoms with E-state index in [1.807, 2.05) is 30.3 Å². The van der Waals surface area contributed by atoms with Gasteiger partial charge in [-0.3, -0.25) is 9.59 Å². The highest BCUT2D eigenvalue weighted by molar-refractivity contribution is 5.96. The van der Waals surface area contributed by atoms with E-state index in [1.165, 1.54) is 0 Å². The van der Waals surface area contributed by atoms with Gasteiger partial charge < -0.3 is 15.4 Å². The van der Waals surface area contributed by atoms with Crippen molar-refractivity contribution in [1.82, 2.24) is 9.88 Å². The van der Waals surface area contributed by atoms with Crippen molar-refractivity contribution >= 4 is 22.7 Å². The third kappa shape index (κ3) is 2.97. The van der Waals surface area contributed by atoms with Crippen molar-refractivity contribution in [3.8, 4) is 0 Å². The summed E-state index contributed by atoms with van der Waals surface area (Å²) in [6.45, 7) is 0.860. The molecule has 2 N–H and O–H groups in total. The van der Waals surface area contributed by atoms with Crippen LogP contribution in [-0.2, 0) is 9.53 Å². The zero-order valence-corrected chi connectivity index (χ0v) is 13.7. The predicted molar refractivity (Wildman–Crippen MR) is 90.4 cm³/mol. The highest BCUT2D eigenvalue weighted by Crippen LogP contribution is 2.34. The number of carbonyl (C=O) groups excluding carboxylic acids is 2. The summed E-state index contributed by atoms with van der Waals surface area (Å²) < 4.78 is 5.29. The Bertz CT molecular complexity index is 777. The molecule has 3 rings (SSSR count). The summed E-state index contributed by atoms with van der Waals surface area (Å²) in [5.74, 6) is -0.616. The van der Waals surface area contributed by atoms with Crippen LogP contribution >= 0.6 is 0 Å². The van der Waals surface area contributed by atoms with Crippen molar-refractivity contribution in [3.05, 3.63) is 42.1 Å². The third-order valence-corrected chi connectivity index (χ3v) is 4.58. The number of nitrogens with zero attached hydrogens (tertiary/aromatic N) is 2. The molecule has 0 saturated carbocycles. The number of hydrogen-bond acceptors (Lipinski definition) is 4. The van der Waals surface area contributed by atoms with Crippen molar-refractivity contribution < 1.29 is 14.3 Å². The molecule has 6 heteroatoms. The molecule has 0 bridgehead atoms. The first-order valence-electron chi connectivity index (χ1n) is 8.01. The fraction of sp³-hybridized carbons (Fsp3) is 0.389. The number of rotatable bonds is 5.